The Balaban J connectivity index is 0.000000170. The zero-order chi connectivity index (χ0) is 76.7. The third kappa shape index (κ3) is 18.7. The first-order valence-electron chi connectivity index (χ1n) is 40.8. The smallest absolute Gasteiger partial charge is 0.237 e. The van der Waals surface area contributed by atoms with Gasteiger partial charge in [0.2, 0.25) is 5.69 Å². The number of pyridine rings is 5. The van der Waals surface area contributed by atoms with Crippen molar-refractivity contribution in [1.29, 1.82) is 0 Å². The number of rotatable bonds is 7. The summed E-state index contributed by atoms with van der Waals surface area (Å²) >= 11 is 0. The number of aryl methyl sites for hydroxylation is 14. The minimum Gasteiger partial charge on any atom is -0.237 e. The van der Waals surface area contributed by atoms with E-state index in [4.69, 9.17) is 0 Å². The van der Waals surface area contributed by atoms with Crippen LogP contribution in [-0.4, -0.2) is 83.5 Å². The summed E-state index contributed by atoms with van der Waals surface area (Å²) in [6.45, 7) is 60.5. The molecule has 1 atom stereocenters. The van der Waals surface area contributed by atoms with E-state index in [1.165, 1.54) is 132 Å². The topological polar surface area (TPSA) is 52.9 Å². The van der Waals surface area contributed by atoms with Crippen molar-refractivity contribution in [2.45, 2.75) is 299 Å². The Hall–Kier alpha value is -4.14. The van der Waals surface area contributed by atoms with Gasteiger partial charge in [-0.1, -0.05) is 200 Å². The summed E-state index contributed by atoms with van der Waals surface area (Å²) in [6, 6.07) is 22.5. The molecule has 7 aromatic heterocycles. The van der Waals surface area contributed by atoms with E-state index in [1.807, 2.05) is 6.33 Å². The van der Waals surface area contributed by atoms with Crippen LogP contribution in [0.5, 0.6) is 0 Å². The summed E-state index contributed by atoms with van der Waals surface area (Å²) in [5.74, 6) is 0. The van der Waals surface area contributed by atoms with Gasteiger partial charge in [-0.25, -0.2) is 27.4 Å². The van der Waals surface area contributed by atoms with Gasteiger partial charge in [-0.2, -0.15) is 0 Å². The lowest BCUT2D eigenvalue weighted by atomic mass is 10.1. The van der Waals surface area contributed by atoms with Crippen molar-refractivity contribution in [3.05, 3.63) is 141 Å². The molecule has 0 fully saturated rings. The van der Waals surface area contributed by atoms with Gasteiger partial charge >= 0.3 is 0 Å². The molecule has 0 aromatic carbocycles. The normalized spacial score (nSPS) is 19.2. The summed E-state index contributed by atoms with van der Waals surface area (Å²) in [7, 11) is 5.73. The molecule has 0 spiro atoms. The molecule has 0 radical (unpaired) electrons. The SMILES string of the molecule is C.CCc1c2c(c(C)n[n+]1C)[Si](C)(C)CC2.CCc1c2c(cc[n+]1C)[Si](C)(C)CC2.CCc1c2c(nc[n+]1C)[Si](C)(C)CC2.CCc1cc2c(c[n+]1C)CC[Si]2(C)C.CCc1cc2c(c[n+]1C)[Si](C)(C)CC2.CCc1cc2c(c[n+]1C)[Si](C)(C)CC[SiH]2C.CCc1cc2c(c[n+]1C)[Si](C)(C)C[Si]2(C)C. The van der Waals surface area contributed by atoms with E-state index in [1.54, 1.807) is 75.0 Å². The Bertz CT molecular complexity index is 4150. The molecular formula is C86H152N9Si9+7. The summed E-state index contributed by atoms with van der Waals surface area (Å²) in [5, 5.41) is 20.0. The predicted octanol–water partition coefficient (Wildman–Crippen LogP) is 9.98. The number of aromatic nitrogens is 9. The minimum atomic E-state index is -1.16. The first kappa shape index (κ1) is 87.1. The monoisotopic (exact) mass is 1560 g/mol. The molecule has 0 saturated carbocycles. The van der Waals surface area contributed by atoms with Crippen LogP contribution in [0.2, 0.25) is 159 Å². The highest BCUT2D eigenvalue weighted by Crippen LogP contribution is 2.30. The van der Waals surface area contributed by atoms with Gasteiger partial charge in [-0.3, -0.25) is 0 Å². The number of hydrogen-bond donors (Lipinski definition) is 0. The van der Waals surface area contributed by atoms with Gasteiger partial charge in [0.1, 0.15) is 60.0 Å². The van der Waals surface area contributed by atoms with E-state index < -0.39 is 73.4 Å². The van der Waals surface area contributed by atoms with Crippen LogP contribution in [0.1, 0.15) is 129 Å². The Morgan fingerprint density at radius 1 is 0.385 bits per heavy atom. The third-order valence-electron chi connectivity index (χ3n) is 26.2. The van der Waals surface area contributed by atoms with Crippen molar-refractivity contribution >= 4 is 120 Å². The molecule has 104 heavy (non-hydrogen) atoms. The van der Waals surface area contributed by atoms with Crippen molar-refractivity contribution in [2.24, 2.45) is 49.3 Å². The zero-order valence-electron chi connectivity index (χ0n) is 72.1. The molecule has 0 bridgehead atoms. The Labute approximate surface area is 647 Å². The standard InChI is InChI=1S/2C13H24NSi2.C12H21N2Si.3C12H20NSi.C11H19N2Si.CH4/c1-7-11-8-12-13(9-14(11)2)16(5,6)10-15(12,3)4;1-6-11-9-12-13(10-14(11)2)16(4,5)8-7-15(12)3;1-6-11-10-7-8-15(4,5)12(10)9(2)13-14(11)3;1-5-11-10-7-9-14(3,4)12(10)6-8-13(11)2;1-5-11-8-12-10(9-13(11)2)6-7-14(12,3)4;1-5-11-8-10-6-7-14(3,4)12(10)9-13(11)2;1-5-10-9-6-7-14(3,4)11(9)12-8-13(10)2;/h8-9H,7,10H2,1-6H3;9-10,15H,6-8H2,1-5H3;6-8H2,1-5H3;6,8H,5,7,9H2,1-4H3;2*8-9H,5-7H2,1-4H3;8H,5-7H2,1-4H3;1H4/q7*+1;. The molecule has 14 rings (SSSR count). The molecule has 9 nitrogen and oxygen atoms in total. The first-order valence-corrected chi connectivity index (χ1v) is 69.0. The molecule has 0 N–H and O–H groups in total. The zero-order valence-corrected chi connectivity index (χ0v) is 81.2. The average molecular weight is 1560 g/mol. The largest absolute Gasteiger partial charge is 0.285 e. The molecule has 1 unspecified atom stereocenters. The summed E-state index contributed by atoms with van der Waals surface area (Å²) in [5.41, 5.74) is 21.4. The molecule has 14 heterocycles. The molecular weight excluding hydrogens is 1410 g/mol. The Morgan fingerprint density at radius 2 is 0.817 bits per heavy atom. The van der Waals surface area contributed by atoms with E-state index in [9.17, 15) is 0 Å². The highest BCUT2D eigenvalue weighted by atomic mass is 28.4. The number of fused-ring (bicyclic) bond motifs is 7. The number of nitrogens with zero attached hydrogens (tertiary/aromatic N) is 9. The predicted molar refractivity (Wildman–Crippen MR) is 473 cm³/mol. The third-order valence-corrected chi connectivity index (χ3v) is 61.2. The molecule has 0 amide bonds. The molecule has 570 valence electrons. The van der Waals surface area contributed by atoms with Crippen LogP contribution >= 0.6 is 0 Å². The van der Waals surface area contributed by atoms with Gasteiger partial charge in [-0.15, -0.1) is 0 Å². The van der Waals surface area contributed by atoms with Crippen LogP contribution in [0, 0.1) is 6.92 Å². The highest BCUT2D eigenvalue weighted by molar-refractivity contribution is 7.14. The molecule has 0 aliphatic carbocycles. The maximum Gasteiger partial charge on any atom is 0.285 e. The molecule has 7 aromatic rings. The molecule has 0 saturated heterocycles. The van der Waals surface area contributed by atoms with E-state index >= 15 is 0 Å². The second-order valence-electron chi connectivity index (χ2n) is 37.6. The van der Waals surface area contributed by atoms with E-state index in [2.05, 4.69) is 320 Å². The fraction of sp³-hybridized carbons (Fsp3) is 0.616. The van der Waals surface area contributed by atoms with E-state index in [-0.39, 0.29) is 7.43 Å². The maximum absolute atomic E-state index is 4.66. The van der Waals surface area contributed by atoms with Crippen LogP contribution in [0.25, 0.3) is 0 Å². The van der Waals surface area contributed by atoms with Gasteiger partial charge in [0.05, 0.1) is 72.4 Å². The second kappa shape index (κ2) is 34.0. The fourth-order valence-electron chi connectivity index (χ4n) is 19.6. The summed E-state index contributed by atoms with van der Waals surface area (Å²) in [6.07, 6.45) is 28.4. The van der Waals surface area contributed by atoms with Gasteiger partial charge in [0.15, 0.2) is 66.5 Å². The van der Waals surface area contributed by atoms with E-state index in [0.717, 1.165) is 38.5 Å². The summed E-state index contributed by atoms with van der Waals surface area (Å²) < 4.78 is 15.9. The Morgan fingerprint density at radius 3 is 1.39 bits per heavy atom. The lowest BCUT2D eigenvalue weighted by Gasteiger charge is -2.32. The average Bonchev–Trinajstić information content (AvgIpc) is 1.55. The van der Waals surface area contributed by atoms with Crippen LogP contribution in [0.4, 0.5) is 0 Å². The van der Waals surface area contributed by atoms with Crippen LogP contribution in [0.15, 0.2) is 67.6 Å². The highest BCUT2D eigenvalue weighted by Gasteiger charge is 2.47. The van der Waals surface area contributed by atoms with Gasteiger partial charge in [0.25, 0.3) is 6.33 Å². The van der Waals surface area contributed by atoms with Crippen LogP contribution < -0.4 is 78.9 Å². The summed E-state index contributed by atoms with van der Waals surface area (Å²) in [4.78, 5) is 4.64. The molecule has 18 heteroatoms. The van der Waals surface area contributed by atoms with Crippen LogP contribution in [-0.2, 0) is 126 Å². The fourth-order valence-corrected chi connectivity index (χ4v) is 58.4. The van der Waals surface area contributed by atoms with Crippen molar-refractivity contribution < 1.29 is 32.1 Å². The van der Waals surface area contributed by atoms with Gasteiger partial charge < -0.3 is 0 Å². The van der Waals surface area contributed by atoms with Crippen molar-refractivity contribution in [3.63, 3.8) is 0 Å². The van der Waals surface area contributed by atoms with E-state index in [0.29, 0.717) is 0 Å². The van der Waals surface area contributed by atoms with Crippen LogP contribution in [0.3, 0.4) is 0 Å². The lowest BCUT2D eigenvalue weighted by Crippen LogP contribution is -2.61. The lowest BCUT2D eigenvalue weighted by molar-refractivity contribution is -0.738. The molecule has 7 aliphatic heterocycles. The van der Waals surface area contributed by atoms with Gasteiger partial charge in [-0.05, 0) is 101 Å². The first-order chi connectivity index (χ1) is 47.9. The maximum atomic E-state index is 4.66. The number of hydrogen-bond acceptors (Lipinski definition) is 2. The van der Waals surface area contributed by atoms with Crippen molar-refractivity contribution in [3.8, 4) is 0 Å². The second-order valence-corrected chi connectivity index (χ2v) is 79.4. The van der Waals surface area contributed by atoms with Crippen molar-refractivity contribution in [1.82, 2.24) is 10.1 Å². The quantitative estimate of drug-likeness (QED) is 0.118. The molecule has 7 aliphatic rings. The minimum absolute atomic E-state index is 0. The van der Waals surface area contributed by atoms with Crippen molar-refractivity contribution in [2.75, 3.05) is 0 Å². The Kier molecular flexibility index (Phi) is 28.5. The van der Waals surface area contributed by atoms with Gasteiger partial charge in [0, 0.05) is 113 Å².